The van der Waals surface area contributed by atoms with Crippen molar-refractivity contribution in [2.75, 3.05) is 7.05 Å². The molecular weight excluding hydrogens is 286 g/mol. The van der Waals surface area contributed by atoms with Crippen molar-refractivity contribution >= 4 is 11.6 Å². The molecule has 0 bridgehead atoms. The highest BCUT2D eigenvalue weighted by molar-refractivity contribution is 6.30. The Bertz CT molecular complexity index is 666. The Morgan fingerprint density at radius 2 is 2.14 bits per heavy atom. The molecule has 0 fully saturated rings. The highest BCUT2D eigenvalue weighted by atomic mass is 35.5. The fourth-order valence-electron chi connectivity index (χ4n) is 2.91. The number of rotatable bonds is 4. The third kappa shape index (κ3) is 2.71. The second kappa shape index (κ2) is 5.79. The molecule has 0 saturated carbocycles. The zero-order chi connectivity index (χ0) is 15.0. The number of nitrogens with zero attached hydrogens (tertiary/aromatic N) is 2. The van der Waals surface area contributed by atoms with Crippen molar-refractivity contribution in [1.82, 2.24) is 15.1 Å². The van der Waals surface area contributed by atoms with Crippen LogP contribution in [-0.2, 0) is 31.4 Å². The van der Waals surface area contributed by atoms with Gasteiger partial charge in [-0.05, 0) is 37.1 Å². The largest absolute Gasteiger partial charge is 0.372 e. The van der Waals surface area contributed by atoms with E-state index in [2.05, 4.69) is 28.6 Å². The van der Waals surface area contributed by atoms with Crippen LogP contribution in [0.4, 0.5) is 0 Å². The van der Waals surface area contributed by atoms with Crippen LogP contribution < -0.4 is 5.32 Å². The fourth-order valence-corrected chi connectivity index (χ4v) is 3.16. The summed E-state index contributed by atoms with van der Waals surface area (Å²) < 4.78 is 7.22. The number of ether oxygens (including phenoxy) is 1. The topological polar surface area (TPSA) is 39.1 Å². The van der Waals surface area contributed by atoms with Gasteiger partial charge in [0.25, 0.3) is 0 Å². The predicted molar refractivity (Wildman–Crippen MR) is 83.4 cm³/mol. The van der Waals surface area contributed by atoms with Gasteiger partial charge in [0, 0.05) is 18.7 Å². The van der Waals surface area contributed by atoms with E-state index in [1.807, 2.05) is 21.0 Å². The van der Waals surface area contributed by atoms with Crippen LogP contribution >= 0.6 is 11.6 Å². The summed E-state index contributed by atoms with van der Waals surface area (Å²) in [4.78, 5) is 0. The molecule has 1 N–H and O–H groups in total. The van der Waals surface area contributed by atoms with Gasteiger partial charge in [0.15, 0.2) is 0 Å². The minimum Gasteiger partial charge on any atom is -0.372 e. The van der Waals surface area contributed by atoms with Gasteiger partial charge in [-0.2, -0.15) is 5.10 Å². The van der Waals surface area contributed by atoms with Crippen LogP contribution in [0, 0.1) is 6.92 Å². The van der Waals surface area contributed by atoms with Gasteiger partial charge in [-0.25, -0.2) is 0 Å². The van der Waals surface area contributed by atoms with Gasteiger partial charge in [-0.15, -0.1) is 0 Å². The van der Waals surface area contributed by atoms with Crippen molar-refractivity contribution in [1.29, 1.82) is 0 Å². The van der Waals surface area contributed by atoms with Crippen LogP contribution in [0.15, 0.2) is 18.2 Å². The smallest absolute Gasteiger partial charge is 0.130 e. The van der Waals surface area contributed by atoms with Gasteiger partial charge in [0.05, 0.1) is 18.9 Å². The van der Waals surface area contributed by atoms with Gasteiger partial charge in [-0.3, -0.25) is 4.68 Å². The lowest BCUT2D eigenvalue weighted by molar-refractivity contribution is 0.134. The number of benzene rings is 1. The Kier molecular flexibility index (Phi) is 4.02. The van der Waals surface area contributed by atoms with Crippen molar-refractivity contribution in [2.45, 2.75) is 32.6 Å². The summed E-state index contributed by atoms with van der Waals surface area (Å²) in [7, 11) is 3.86. The molecule has 2 heterocycles. The molecule has 1 unspecified atom stereocenters. The molecule has 1 aliphatic heterocycles. The molecule has 0 radical (unpaired) electrons. The molecule has 1 aliphatic rings. The van der Waals surface area contributed by atoms with Gasteiger partial charge in [0.1, 0.15) is 5.15 Å². The second-order valence-corrected chi connectivity index (χ2v) is 5.90. The van der Waals surface area contributed by atoms with E-state index in [0.29, 0.717) is 6.61 Å². The molecule has 1 aromatic carbocycles. The Morgan fingerprint density at radius 3 is 2.81 bits per heavy atom. The average Bonchev–Trinajstić information content (AvgIpc) is 3.03. The van der Waals surface area contributed by atoms with Gasteiger partial charge in [-0.1, -0.05) is 29.8 Å². The number of fused-ring (bicyclic) bond motifs is 1. The summed E-state index contributed by atoms with van der Waals surface area (Å²) in [5, 5.41) is 8.49. The summed E-state index contributed by atoms with van der Waals surface area (Å²) in [6.07, 6.45) is 0.828. The minimum atomic E-state index is 0.219. The molecule has 112 valence electrons. The molecule has 0 amide bonds. The molecule has 1 aromatic heterocycles. The van der Waals surface area contributed by atoms with Gasteiger partial charge < -0.3 is 10.1 Å². The normalized spacial score (nSPS) is 15.2. The first-order valence-corrected chi connectivity index (χ1v) is 7.52. The average molecular weight is 306 g/mol. The molecule has 3 rings (SSSR count). The maximum atomic E-state index is 6.35. The number of hydrogen-bond acceptors (Lipinski definition) is 3. The first-order valence-electron chi connectivity index (χ1n) is 7.15. The SMILES string of the molecule is CNC(Cc1c(C)nn(C)c1Cl)c1ccc2c(c1)COC2. The maximum absolute atomic E-state index is 6.35. The van der Waals surface area contributed by atoms with Crippen molar-refractivity contribution in [3.05, 3.63) is 51.3 Å². The molecule has 0 saturated heterocycles. The molecule has 0 aliphatic carbocycles. The Hall–Kier alpha value is -1.36. The molecule has 5 heteroatoms. The highest BCUT2D eigenvalue weighted by Crippen LogP contribution is 2.28. The number of aromatic nitrogens is 2. The van der Waals surface area contributed by atoms with Crippen molar-refractivity contribution < 1.29 is 4.74 Å². The summed E-state index contributed by atoms with van der Waals surface area (Å²) in [6.45, 7) is 3.45. The fraction of sp³-hybridized carbons (Fsp3) is 0.438. The van der Waals surface area contributed by atoms with E-state index in [4.69, 9.17) is 16.3 Å². The van der Waals surface area contributed by atoms with Crippen LogP contribution in [0.2, 0.25) is 5.15 Å². The lowest BCUT2D eigenvalue weighted by atomic mass is 9.96. The van der Waals surface area contributed by atoms with E-state index < -0.39 is 0 Å². The second-order valence-electron chi connectivity index (χ2n) is 5.54. The number of nitrogens with one attached hydrogen (secondary N) is 1. The summed E-state index contributed by atoms with van der Waals surface area (Å²) in [5.74, 6) is 0. The Morgan fingerprint density at radius 1 is 1.38 bits per heavy atom. The maximum Gasteiger partial charge on any atom is 0.130 e. The predicted octanol–water partition coefficient (Wildman–Crippen LogP) is 2.92. The molecule has 0 spiro atoms. The zero-order valence-electron chi connectivity index (χ0n) is 12.6. The van der Waals surface area contributed by atoms with E-state index in [-0.39, 0.29) is 6.04 Å². The molecular formula is C16H20ClN3O. The van der Waals surface area contributed by atoms with E-state index in [1.54, 1.807) is 4.68 Å². The summed E-state index contributed by atoms with van der Waals surface area (Å²) in [5.41, 5.74) is 5.95. The summed E-state index contributed by atoms with van der Waals surface area (Å²) in [6, 6.07) is 6.80. The van der Waals surface area contributed by atoms with Gasteiger partial charge >= 0.3 is 0 Å². The quantitative estimate of drug-likeness (QED) is 0.944. The van der Waals surface area contributed by atoms with Crippen LogP contribution in [0.1, 0.15) is 34.0 Å². The third-order valence-electron chi connectivity index (χ3n) is 4.17. The molecule has 4 nitrogen and oxygen atoms in total. The Balaban J connectivity index is 1.88. The number of halogens is 1. The highest BCUT2D eigenvalue weighted by Gasteiger charge is 2.19. The number of aryl methyl sites for hydroxylation is 2. The van der Waals surface area contributed by atoms with E-state index in [0.717, 1.165) is 29.4 Å². The first kappa shape index (κ1) is 14.6. The minimum absolute atomic E-state index is 0.219. The molecule has 21 heavy (non-hydrogen) atoms. The number of likely N-dealkylation sites (N-methyl/N-ethyl adjacent to an activating group) is 1. The van der Waals surface area contributed by atoms with Crippen molar-refractivity contribution in [2.24, 2.45) is 7.05 Å². The molecule has 1 atom stereocenters. The van der Waals surface area contributed by atoms with Crippen LogP contribution in [0.25, 0.3) is 0 Å². The van der Waals surface area contributed by atoms with E-state index >= 15 is 0 Å². The summed E-state index contributed by atoms with van der Waals surface area (Å²) >= 11 is 6.35. The van der Waals surface area contributed by atoms with E-state index in [1.165, 1.54) is 16.7 Å². The number of hydrogen-bond donors (Lipinski definition) is 1. The standard InChI is InChI=1S/C16H20ClN3O/c1-10-14(16(17)20(3)19-10)7-15(18-2)11-4-5-12-8-21-9-13(12)6-11/h4-6,15,18H,7-9H2,1-3H3. The van der Waals surface area contributed by atoms with Crippen LogP contribution in [-0.4, -0.2) is 16.8 Å². The van der Waals surface area contributed by atoms with Crippen molar-refractivity contribution in [3.63, 3.8) is 0 Å². The zero-order valence-corrected chi connectivity index (χ0v) is 13.4. The Labute approximate surface area is 130 Å². The third-order valence-corrected chi connectivity index (χ3v) is 4.65. The van der Waals surface area contributed by atoms with E-state index in [9.17, 15) is 0 Å². The van der Waals surface area contributed by atoms with Crippen LogP contribution in [0.5, 0.6) is 0 Å². The monoisotopic (exact) mass is 305 g/mol. The molecule has 2 aromatic rings. The lowest BCUT2D eigenvalue weighted by Gasteiger charge is -2.17. The lowest BCUT2D eigenvalue weighted by Crippen LogP contribution is -2.19. The first-order chi connectivity index (χ1) is 10.1. The van der Waals surface area contributed by atoms with Crippen molar-refractivity contribution in [3.8, 4) is 0 Å². The van der Waals surface area contributed by atoms with Gasteiger partial charge in [0.2, 0.25) is 0 Å². The van der Waals surface area contributed by atoms with Crippen LogP contribution in [0.3, 0.4) is 0 Å².